The highest BCUT2D eigenvalue weighted by Gasteiger charge is 2.37. The number of oxime groups is 1. The number of rotatable bonds is 5. The second-order valence-electron chi connectivity index (χ2n) is 6.12. The van der Waals surface area contributed by atoms with Gasteiger partial charge in [0, 0.05) is 30.1 Å². The maximum Gasteiger partial charge on any atom is 0.433 e. The van der Waals surface area contributed by atoms with Gasteiger partial charge in [-0.15, -0.1) is 0 Å². The zero-order valence-electron chi connectivity index (χ0n) is 13.7. The van der Waals surface area contributed by atoms with E-state index in [2.05, 4.69) is 23.8 Å². The van der Waals surface area contributed by atoms with Crippen LogP contribution in [0.3, 0.4) is 0 Å². The molecule has 0 aliphatic heterocycles. The Morgan fingerprint density at radius 3 is 2.61 bits per heavy atom. The van der Waals surface area contributed by atoms with E-state index in [9.17, 15) is 13.2 Å². The summed E-state index contributed by atoms with van der Waals surface area (Å²) in [5.74, 6) is 0.397. The number of hydrogen-bond acceptors (Lipinski definition) is 2. The van der Waals surface area contributed by atoms with Crippen LogP contribution in [-0.4, -0.2) is 31.4 Å². The van der Waals surface area contributed by atoms with Gasteiger partial charge in [0.1, 0.15) is 15.0 Å². The van der Waals surface area contributed by atoms with Crippen LogP contribution in [0.2, 0.25) is 0 Å². The minimum Gasteiger partial charge on any atom is -0.399 e. The lowest BCUT2D eigenvalue weighted by Crippen LogP contribution is -2.25. The van der Waals surface area contributed by atoms with E-state index in [0.717, 1.165) is 30.0 Å². The molecular weight excluding hydrogens is 304 g/mol. The summed E-state index contributed by atoms with van der Waals surface area (Å²) in [7, 11) is 3.09. The molecule has 1 aromatic carbocycles. The van der Waals surface area contributed by atoms with Gasteiger partial charge in [-0.1, -0.05) is 36.6 Å². The third kappa shape index (κ3) is 4.09. The van der Waals surface area contributed by atoms with E-state index in [-0.39, 0.29) is 6.42 Å². The lowest BCUT2D eigenvalue weighted by atomic mass is 9.94. The van der Waals surface area contributed by atoms with Crippen molar-refractivity contribution in [3.8, 4) is 0 Å². The summed E-state index contributed by atoms with van der Waals surface area (Å²) in [4.78, 5) is 4.37. The first-order chi connectivity index (χ1) is 10.7. The van der Waals surface area contributed by atoms with Gasteiger partial charge in [-0.2, -0.15) is 13.2 Å². The number of benzene rings is 1. The van der Waals surface area contributed by atoms with Crippen LogP contribution in [-0.2, 0) is 17.8 Å². The first kappa shape index (κ1) is 17.4. The molecule has 0 fully saturated rings. The standard InChI is InChI=1S/C16H20BF3N2O/c1-10(2)8-22-9-11(6-15(21-23-3)16(18,19)20)13-5-4-12(17)7-14(13)22/h4-5,7,9-10H,6,8,17H2,1-3H3/b21-15+. The summed E-state index contributed by atoms with van der Waals surface area (Å²) >= 11 is 0. The molecule has 0 spiro atoms. The average molecular weight is 324 g/mol. The lowest BCUT2D eigenvalue weighted by molar-refractivity contribution is -0.0629. The molecule has 0 bridgehead atoms. The summed E-state index contributed by atoms with van der Waals surface area (Å²) in [5, 5.41) is 3.99. The highest BCUT2D eigenvalue weighted by Crippen LogP contribution is 2.26. The van der Waals surface area contributed by atoms with Gasteiger partial charge in [0.25, 0.3) is 0 Å². The van der Waals surface area contributed by atoms with Crippen LogP contribution in [0.15, 0.2) is 29.6 Å². The predicted molar refractivity (Wildman–Crippen MR) is 89.2 cm³/mol. The second-order valence-corrected chi connectivity index (χ2v) is 6.12. The Hall–Kier alpha value is -1.92. The normalized spacial score (nSPS) is 13.1. The van der Waals surface area contributed by atoms with E-state index in [1.54, 1.807) is 6.20 Å². The minimum atomic E-state index is -4.51. The zero-order valence-corrected chi connectivity index (χ0v) is 13.7. The Morgan fingerprint density at radius 2 is 2.04 bits per heavy atom. The highest BCUT2D eigenvalue weighted by atomic mass is 19.4. The van der Waals surface area contributed by atoms with Gasteiger partial charge in [-0.25, -0.2) is 0 Å². The molecule has 0 radical (unpaired) electrons. The predicted octanol–water partition coefficient (Wildman–Crippen LogP) is 2.66. The number of halogens is 3. The van der Waals surface area contributed by atoms with E-state index in [0.29, 0.717) is 11.5 Å². The van der Waals surface area contributed by atoms with Gasteiger partial charge < -0.3 is 9.40 Å². The minimum absolute atomic E-state index is 0.304. The maximum absolute atomic E-state index is 13.1. The quantitative estimate of drug-likeness (QED) is 0.472. The number of alkyl halides is 3. The fraction of sp³-hybridized carbons (Fsp3) is 0.438. The van der Waals surface area contributed by atoms with Crippen molar-refractivity contribution < 1.29 is 18.0 Å². The molecule has 2 rings (SSSR count). The smallest absolute Gasteiger partial charge is 0.399 e. The average Bonchev–Trinajstić information content (AvgIpc) is 2.74. The zero-order chi connectivity index (χ0) is 17.2. The number of hydrogen-bond donors (Lipinski definition) is 0. The second kappa shape index (κ2) is 6.68. The largest absolute Gasteiger partial charge is 0.433 e. The molecule has 23 heavy (non-hydrogen) atoms. The Balaban J connectivity index is 2.50. The summed E-state index contributed by atoms with van der Waals surface area (Å²) in [6, 6.07) is 5.78. The van der Waals surface area contributed by atoms with Gasteiger partial charge in [-0.3, -0.25) is 0 Å². The van der Waals surface area contributed by atoms with Crippen molar-refractivity contribution >= 4 is 29.9 Å². The fourth-order valence-electron chi connectivity index (χ4n) is 2.64. The Labute approximate surface area is 134 Å². The van der Waals surface area contributed by atoms with Crippen molar-refractivity contribution in [3.05, 3.63) is 30.0 Å². The highest BCUT2D eigenvalue weighted by molar-refractivity contribution is 6.33. The summed E-state index contributed by atoms with van der Waals surface area (Å²) in [5.41, 5.74) is 1.71. The van der Waals surface area contributed by atoms with Crippen LogP contribution in [0.25, 0.3) is 10.9 Å². The van der Waals surface area contributed by atoms with E-state index >= 15 is 0 Å². The molecule has 0 atom stereocenters. The van der Waals surface area contributed by atoms with Crippen molar-refractivity contribution in [2.24, 2.45) is 11.1 Å². The van der Waals surface area contributed by atoms with Gasteiger partial charge in [0.05, 0.1) is 0 Å². The molecule has 1 heterocycles. The molecule has 0 unspecified atom stereocenters. The molecule has 3 nitrogen and oxygen atoms in total. The molecule has 7 heteroatoms. The first-order valence-corrected chi connectivity index (χ1v) is 7.48. The van der Waals surface area contributed by atoms with Crippen molar-refractivity contribution in [3.63, 3.8) is 0 Å². The fourth-order valence-corrected chi connectivity index (χ4v) is 2.64. The van der Waals surface area contributed by atoms with Gasteiger partial charge in [0.15, 0.2) is 5.71 Å². The molecule has 0 N–H and O–H groups in total. The molecular formula is C16H20BF3N2O. The van der Waals surface area contributed by atoms with E-state index in [1.807, 2.05) is 30.6 Å². The third-order valence-electron chi connectivity index (χ3n) is 3.57. The Kier molecular flexibility index (Phi) is 5.07. The van der Waals surface area contributed by atoms with Crippen LogP contribution in [0, 0.1) is 5.92 Å². The third-order valence-corrected chi connectivity index (χ3v) is 3.57. The molecule has 1 aromatic heterocycles. The van der Waals surface area contributed by atoms with Crippen LogP contribution in [0.4, 0.5) is 13.2 Å². The number of fused-ring (bicyclic) bond motifs is 1. The molecule has 0 amide bonds. The van der Waals surface area contributed by atoms with Gasteiger partial charge >= 0.3 is 6.18 Å². The van der Waals surface area contributed by atoms with Crippen molar-refractivity contribution in [2.75, 3.05) is 7.11 Å². The van der Waals surface area contributed by atoms with Gasteiger partial charge in [-0.05, 0) is 17.5 Å². The topological polar surface area (TPSA) is 26.5 Å². The monoisotopic (exact) mass is 324 g/mol. The Bertz CT molecular complexity index is 720. The molecule has 0 aliphatic rings. The number of nitrogens with zero attached hydrogens (tertiary/aromatic N) is 2. The van der Waals surface area contributed by atoms with Crippen LogP contribution in [0.1, 0.15) is 19.4 Å². The summed E-state index contributed by atoms with van der Waals surface area (Å²) in [6.45, 7) is 4.91. The maximum atomic E-state index is 13.1. The molecule has 0 aliphatic carbocycles. The lowest BCUT2D eigenvalue weighted by Gasteiger charge is -2.09. The van der Waals surface area contributed by atoms with E-state index < -0.39 is 11.9 Å². The van der Waals surface area contributed by atoms with Crippen LogP contribution >= 0.6 is 0 Å². The summed E-state index contributed by atoms with van der Waals surface area (Å²) in [6.07, 6.45) is -3.02. The van der Waals surface area contributed by atoms with Crippen molar-refractivity contribution in [1.82, 2.24) is 4.57 Å². The van der Waals surface area contributed by atoms with Crippen LogP contribution < -0.4 is 5.46 Å². The number of aromatic nitrogens is 1. The van der Waals surface area contributed by atoms with Crippen molar-refractivity contribution in [2.45, 2.75) is 33.0 Å². The van der Waals surface area contributed by atoms with E-state index in [4.69, 9.17) is 0 Å². The Morgan fingerprint density at radius 1 is 1.35 bits per heavy atom. The molecule has 0 saturated carbocycles. The summed E-state index contributed by atoms with van der Waals surface area (Å²) < 4.78 is 41.2. The van der Waals surface area contributed by atoms with Crippen LogP contribution in [0.5, 0.6) is 0 Å². The SMILES string of the molecule is Bc1ccc2c(C/C(=N\OC)C(F)(F)F)cn(CC(C)C)c2c1. The first-order valence-electron chi connectivity index (χ1n) is 7.48. The molecule has 2 aromatic rings. The van der Waals surface area contributed by atoms with E-state index in [1.165, 1.54) is 0 Å². The van der Waals surface area contributed by atoms with Gasteiger partial charge in [0.2, 0.25) is 0 Å². The molecule has 0 saturated heterocycles. The van der Waals surface area contributed by atoms with Crippen molar-refractivity contribution in [1.29, 1.82) is 0 Å². The molecule has 124 valence electrons.